The molecule has 4 N–H and O–H groups in total. The van der Waals surface area contributed by atoms with E-state index in [-0.39, 0.29) is 36.1 Å². The summed E-state index contributed by atoms with van der Waals surface area (Å²) in [6.45, 7) is -1.32. The zero-order chi connectivity index (χ0) is 17.8. The molecule has 8 nitrogen and oxygen atoms in total. The molecule has 0 aliphatic rings. The van der Waals surface area contributed by atoms with Gasteiger partial charge in [-0.15, -0.1) is 0 Å². The fourth-order valence-corrected chi connectivity index (χ4v) is 3.49. The molecule has 0 fully saturated rings. The molecule has 0 aromatic rings. The van der Waals surface area contributed by atoms with E-state index >= 15 is 0 Å². The summed E-state index contributed by atoms with van der Waals surface area (Å²) in [5.74, 6) is 0. The summed E-state index contributed by atoms with van der Waals surface area (Å²) in [6.07, 6.45) is 0.888. The molecule has 0 radical (unpaired) electrons. The summed E-state index contributed by atoms with van der Waals surface area (Å²) in [5, 5.41) is 5.97. The van der Waals surface area contributed by atoms with E-state index in [1.807, 2.05) is 6.92 Å². The van der Waals surface area contributed by atoms with Crippen molar-refractivity contribution in [3.63, 3.8) is 0 Å². The smallest absolute Gasteiger partial charge is 0.776 e. The van der Waals surface area contributed by atoms with Gasteiger partial charge in [0.1, 0.15) is 0 Å². The molecule has 2 atom stereocenters. The van der Waals surface area contributed by atoms with Crippen molar-refractivity contribution < 1.29 is 67.5 Å². The van der Waals surface area contributed by atoms with E-state index in [2.05, 4.69) is 0 Å². The van der Waals surface area contributed by atoms with Gasteiger partial charge in [0.2, 0.25) is 5.08 Å². The van der Waals surface area contributed by atoms with Crippen LogP contribution in [0.4, 0.5) is 0 Å². The molecule has 0 aliphatic carbocycles. The van der Waals surface area contributed by atoms with E-state index in [9.17, 15) is 19.1 Å². The van der Waals surface area contributed by atoms with Gasteiger partial charge in [-0.3, -0.25) is 4.57 Å². The second-order valence-electron chi connectivity index (χ2n) is 4.28. The first kappa shape index (κ1) is 17.6. The van der Waals surface area contributed by atoms with Gasteiger partial charge in [0, 0.05) is 17.1 Å². The fraction of sp³-hybridized carbons (Fsp3) is 1.00. The van der Waals surface area contributed by atoms with E-state index < -0.39 is 40.2 Å². The predicted octanol–water partition coefficient (Wildman–Crippen LogP) is -3.13. The van der Waals surface area contributed by atoms with Gasteiger partial charge in [-0.05, 0) is 19.9 Å². The average molecular weight is 345 g/mol. The van der Waals surface area contributed by atoms with Gasteiger partial charge in [0.25, 0.3) is 0 Å². The first-order chi connectivity index (χ1) is 9.67. The normalized spacial score (nSPS) is 21.1. The summed E-state index contributed by atoms with van der Waals surface area (Å²) in [4.78, 5) is 38.8. The summed E-state index contributed by atoms with van der Waals surface area (Å²) in [5.41, 5.74) is 0. The molecule has 116 valence electrons. The number of nitrogens with zero attached hydrogens (tertiary/aromatic N) is 1. The number of rotatable bonds is 9. The first-order valence-corrected chi connectivity index (χ1v) is 8.93. The minimum atomic E-state index is -5.82. The first-order valence-electron chi connectivity index (χ1n) is 7.24. The van der Waals surface area contributed by atoms with Crippen molar-refractivity contribution in [2.45, 2.75) is 37.7 Å². The van der Waals surface area contributed by atoms with E-state index in [4.69, 9.17) is 18.8 Å². The molecule has 0 spiro atoms. The third-order valence-electron chi connectivity index (χ3n) is 2.67. The van der Waals surface area contributed by atoms with Gasteiger partial charge in [0.05, 0.1) is 0 Å². The van der Waals surface area contributed by atoms with Crippen molar-refractivity contribution in [1.29, 1.82) is 0 Å². The SMILES string of the molecule is [2H][13C]([2H])([2H])N(CCCCC)CCC(O)(P(=O)([O-])O)P(=O)(O)O.[Na+]. The number of aliphatic hydroxyl groups is 1. The van der Waals surface area contributed by atoms with Crippen molar-refractivity contribution in [3.8, 4) is 0 Å². The minimum absolute atomic E-state index is 0. The van der Waals surface area contributed by atoms with Crippen LogP contribution < -0.4 is 34.5 Å². The van der Waals surface area contributed by atoms with Crippen LogP contribution >= 0.6 is 15.2 Å². The summed E-state index contributed by atoms with van der Waals surface area (Å²) in [6, 6.07) is 0. The van der Waals surface area contributed by atoms with Crippen LogP contribution in [-0.4, -0.2) is 49.8 Å². The summed E-state index contributed by atoms with van der Waals surface area (Å²) >= 11 is 0. The maximum Gasteiger partial charge on any atom is 1.00 e. The molecule has 0 saturated carbocycles. The van der Waals surface area contributed by atoms with Crippen LogP contribution in [0, 0.1) is 0 Å². The van der Waals surface area contributed by atoms with Gasteiger partial charge >= 0.3 is 37.2 Å². The monoisotopic (exact) mass is 345 g/mol. The molecule has 0 aliphatic heterocycles. The number of hydrogen-bond acceptors (Lipinski definition) is 5. The van der Waals surface area contributed by atoms with Gasteiger partial charge in [-0.2, -0.15) is 0 Å². The van der Waals surface area contributed by atoms with Gasteiger partial charge < -0.3 is 34.1 Å². The quantitative estimate of drug-likeness (QED) is 0.149. The van der Waals surface area contributed by atoms with E-state index in [0.29, 0.717) is 6.42 Å². The molecule has 0 heterocycles. The third kappa shape index (κ3) is 6.99. The van der Waals surface area contributed by atoms with Crippen molar-refractivity contribution in [2.24, 2.45) is 0 Å². The molecule has 0 bridgehead atoms. The average Bonchev–Trinajstić information content (AvgIpc) is 2.28. The van der Waals surface area contributed by atoms with Crippen LogP contribution in [0.5, 0.6) is 0 Å². The van der Waals surface area contributed by atoms with Crippen LogP contribution in [0.3, 0.4) is 0 Å². The Morgan fingerprint density at radius 1 is 1.25 bits per heavy atom. The minimum Gasteiger partial charge on any atom is -0.776 e. The molecule has 20 heavy (non-hydrogen) atoms. The van der Waals surface area contributed by atoms with Crippen molar-refractivity contribution in [1.82, 2.24) is 4.90 Å². The molecule has 0 aromatic heterocycles. The van der Waals surface area contributed by atoms with E-state index in [0.717, 1.165) is 17.7 Å². The number of hydrogen-bond donors (Lipinski definition) is 4. The van der Waals surface area contributed by atoms with Crippen LogP contribution in [0.25, 0.3) is 0 Å². The Balaban J connectivity index is 0. The van der Waals surface area contributed by atoms with Crippen LogP contribution in [0.1, 0.15) is 36.7 Å². The Kier molecular flexibility index (Phi) is 8.24. The summed E-state index contributed by atoms with van der Waals surface area (Å²) < 4.78 is 44.2. The predicted molar refractivity (Wildman–Crippen MR) is 68.5 cm³/mol. The zero-order valence-electron chi connectivity index (χ0n) is 14.6. The van der Waals surface area contributed by atoms with E-state index in [1.165, 1.54) is 0 Å². The molecule has 0 rings (SSSR count). The van der Waals surface area contributed by atoms with Gasteiger partial charge in [-0.1, -0.05) is 19.8 Å². The topological polar surface area (TPSA) is 141 Å². The second-order valence-corrected chi connectivity index (χ2v) is 8.24. The Hall–Kier alpha value is 1.22. The largest absolute Gasteiger partial charge is 1.00 e. The second kappa shape index (κ2) is 9.38. The van der Waals surface area contributed by atoms with Crippen LogP contribution in [0.2, 0.25) is 0 Å². The Labute approximate surface area is 145 Å². The summed E-state index contributed by atoms with van der Waals surface area (Å²) in [7, 11) is -11.4. The zero-order valence-corrected chi connectivity index (χ0v) is 15.4. The molecular formula is C9H22NNaO7P2. The molecule has 0 amide bonds. The number of unbranched alkanes of at least 4 members (excludes halogenated alkanes) is 2. The molecule has 0 aromatic carbocycles. The molecule has 2 unspecified atom stereocenters. The molecule has 0 saturated heterocycles. The Bertz CT molecular complexity index is 431. The Morgan fingerprint density at radius 2 is 1.80 bits per heavy atom. The molecule has 11 heteroatoms. The van der Waals surface area contributed by atoms with Crippen LogP contribution in [0.15, 0.2) is 0 Å². The third-order valence-corrected chi connectivity index (χ3v) is 6.49. The maximum absolute atomic E-state index is 11.2. The standard InChI is InChI=1S/C9H23NO7P2.Na/c1-3-4-5-7-10(2)8-6-9(11,18(12,13)14)19(15,16)17;/h11H,3-8H2,1-2H3,(H2,12,13,14)(H2,15,16,17);/q;+1/p-1/i2+1D3;. The van der Waals surface area contributed by atoms with Crippen molar-refractivity contribution in [3.05, 3.63) is 0 Å². The maximum atomic E-state index is 11.2. The van der Waals surface area contributed by atoms with Crippen LogP contribution in [-0.2, 0) is 9.13 Å². The van der Waals surface area contributed by atoms with Gasteiger partial charge in [-0.25, -0.2) is 0 Å². The van der Waals surface area contributed by atoms with Gasteiger partial charge in [0.15, 0.2) is 7.60 Å². The fourth-order valence-electron chi connectivity index (χ4n) is 1.40. The Morgan fingerprint density at radius 3 is 2.15 bits per heavy atom. The van der Waals surface area contributed by atoms with E-state index in [1.54, 1.807) is 0 Å². The van der Waals surface area contributed by atoms with Crippen molar-refractivity contribution in [2.75, 3.05) is 20.1 Å². The molecular weight excluding hydrogens is 320 g/mol. The van der Waals surface area contributed by atoms with Crippen molar-refractivity contribution >= 4 is 15.2 Å².